The second kappa shape index (κ2) is 7.51. The van der Waals surface area contributed by atoms with Crippen LogP contribution in [0.5, 0.6) is 5.75 Å². The molecule has 1 fully saturated rings. The van der Waals surface area contributed by atoms with Crippen molar-refractivity contribution in [3.05, 3.63) is 28.6 Å². The number of nitrogens with two attached hydrogens (primary N) is 1. The number of ether oxygens (including phenoxy) is 1. The van der Waals surface area contributed by atoms with Gasteiger partial charge in [-0.1, -0.05) is 18.0 Å². The Morgan fingerprint density at radius 3 is 3.00 bits per heavy atom. The van der Waals surface area contributed by atoms with Gasteiger partial charge in [0, 0.05) is 22.9 Å². The lowest BCUT2D eigenvalue weighted by Crippen LogP contribution is -2.34. The molecule has 7 heteroatoms. The molecular formula is C17H20ClN3O2S. The highest BCUT2D eigenvalue weighted by Crippen LogP contribution is 2.32. The molecule has 1 saturated carbocycles. The molecule has 5 nitrogen and oxygen atoms in total. The van der Waals surface area contributed by atoms with E-state index in [1.165, 1.54) is 11.3 Å². The minimum Gasteiger partial charge on any atom is -0.495 e. The van der Waals surface area contributed by atoms with Crippen molar-refractivity contribution in [3.8, 4) is 17.0 Å². The molecule has 2 unspecified atom stereocenters. The van der Waals surface area contributed by atoms with Crippen molar-refractivity contribution in [3.63, 3.8) is 0 Å². The summed E-state index contributed by atoms with van der Waals surface area (Å²) in [6.07, 6.45) is 3.65. The fourth-order valence-corrected chi connectivity index (χ4v) is 3.94. The predicted octanol–water partition coefficient (Wildman–Crippen LogP) is 3.93. The Morgan fingerprint density at radius 1 is 1.46 bits per heavy atom. The average molecular weight is 366 g/mol. The van der Waals surface area contributed by atoms with Crippen LogP contribution in [0.4, 0.5) is 5.13 Å². The number of nitrogens with zero attached hydrogens (tertiary/aromatic N) is 1. The van der Waals surface area contributed by atoms with Crippen LogP contribution in [0, 0.1) is 5.92 Å². The maximum atomic E-state index is 12.4. The molecule has 0 spiro atoms. The molecule has 1 aliphatic carbocycles. The van der Waals surface area contributed by atoms with E-state index in [9.17, 15) is 4.79 Å². The predicted molar refractivity (Wildman–Crippen MR) is 97.7 cm³/mol. The summed E-state index contributed by atoms with van der Waals surface area (Å²) >= 11 is 7.56. The average Bonchev–Trinajstić information content (AvgIpc) is 3.03. The molecular weight excluding hydrogens is 346 g/mol. The number of benzene rings is 1. The van der Waals surface area contributed by atoms with Gasteiger partial charge >= 0.3 is 0 Å². The van der Waals surface area contributed by atoms with Gasteiger partial charge in [-0.3, -0.25) is 4.79 Å². The van der Waals surface area contributed by atoms with Gasteiger partial charge in [0.25, 0.3) is 0 Å². The lowest BCUT2D eigenvalue weighted by atomic mass is 9.86. The summed E-state index contributed by atoms with van der Waals surface area (Å²) in [6, 6.07) is 5.63. The zero-order valence-corrected chi connectivity index (χ0v) is 15.0. The zero-order chi connectivity index (χ0) is 17.1. The van der Waals surface area contributed by atoms with Crippen molar-refractivity contribution in [1.29, 1.82) is 0 Å². The molecule has 3 N–H and O–H groups in total. The van der Waals surface area contributed by atoms with Gasteiger partial charge in [0.05, 0.1) is 17.8 Å². The third-order valence-corrected chi connectivity index (χ3v) is 5.32. The van der Waals surface area contributed by atoms with Crippen LogP contribution in [0.2, 0.25) is 5.02 Å². The molecule has 128 valence electrons. The van der Waals surface area contributed by atoms with Gasteiger partial charge in [-0.15, -0.1) is 11.3 Å². The van der Waals surface area contributed by atoms with Gasteiger partial charge in [-0.05, 0) is 37.5 Å². The molecule has 0 bridgehead atoms. The van der Waals surface area contributed by atoms with E-state index in [1.54, 1.807) is 19.2 Å². The van der Waals surface area contributed by atoms with E-state index in [-0.39, 0.29) is 17.9 Å². The highest BCUT2D eigenvalue weighted by molar-refractivity contribution is 7.14. The van der Waals surface area contributed by atoms with Crippen molar-refractivity contribution in [1.82, 2.24) is 4.98 Å². The third-order valence-electron chi connectivity index (χ3n) is 4.27. The summed E-state index contributed by atoms with van der Waals surface area (Å²) in [4.78, 5) is 16.8. The Hall–Kier alpha value is -1.63. The van der Waals surface area contributed by atoms with Gasteiger partial charge in [0.1, 0.15) is 5.75 Å². The van der Waals surface area contributed by atoms with Crippen LogP contribution in [0.3, 0.4) is 0 Å². The molecule has 1 heterocycles. The number of carbonyl (C=O) groups is 1. The van der Waals surface area contributed by atoms with E-state index in [0.29, 0.717) is 15.9 Å². The highest BCUT2D eigenvalue weighted by Gasteiger charge is 2.25. The van der Waals surface area contributed by atoms with Crippen molar-refractivity contribution in [2.45, 2.75) is 31.7 Å². The molecule has 2 aromatic rings. The lowest BCUT2D eigenvalue weighted by molar-refractivity contribution is -0.120. The number of carbonyl (C=O) groups excluding carboxylic acids is 1. The number of halogens is 1. The maximum absolute atomic E-state index is 12.4. The summed E-state index contributed by atoms with van der Waals surface area (Å²) < 4.78 is 5.15. The Kier molecular flexibility index (Phi) is 5.38. The van der Waals surface area contributed by atoms with E-state index < -0.39 is 0 Å². The molecule has 3 rings (SSSR count). The Morgan fingerprint density at radius 2 is 2.29 bits per heavy atom. The summed E-state index contributed by atoms with van der Waals surface area (Å²) in [6.45, 7) is 0. The number of hydrogen-bond acceptors (Lipinski definition) is 5. The topological polar surface area (TPSA) is 77.2 Å². The van der Waals surface area contributed by atoms with Crippen LogP contribution in [-0.2, 0) is 4.79 Å². The molecule has 0 radical (unpaired) electrons. The number of rotatable bonds is 4. The quantitative estimate of drug-likeness (QED) is 0.860. The number of aromatic nitrogens is 1. The summed E-state index contributed by atoms with van der Waals surface area (Å²) in [7, 11) is 1.58. The number of methoxy groups -OCH3 is 1. The monoisotopic (exact) mass is 365 g/mol. The number of thiazole rings is 1. The van der Waals surface area contributed by atoms with Gasteiger partial charge < -0.3 is 15.8 Å². The van der Waals surface area contributed by atoms with Crippen molar-refractivity contribution in [2.24, 2.45) is 11.7 Å². The molecule has 0 aliphatic heterocycles. The first-order valence-corrected chi connectivity index (χ1v) is 9.18. The smallest absolute Gasteiger partial charge is 0.229 e. The minimum atomic E-state index is -0.0171. The molecule has 0 saturated heterocycles. The van der Waals surface area contributed by atoms with Crippen molar-refractivity contribution >= 4 is 34.0 Å². The van der Waals surface area contributed by atoms with Crippen LogP contribution in [0.25, 0.3) is 11.3 Å². The summed E-state index contributed by atoms with van der Waals surface area (Å²) in [5.74, 6) is 0.619. The number of amides is 1. The molecule has 24 heavy (non-hydrogen) atoms. The number of hydrogen-bond donors (Lipinski definition) is 2. The molecule has 1 aliphatic rings. The number of nitrogens with one attached hydrogen (secondary N) is 1. The summed E-state index contributed by atoms with van der Waals surface area (Å²) in [5, 5.41) is 5.95. The molecule has 2 atom stereocenters. The van der Waals surface area contributed by atoms with Crippen molar-refractivity contribution < 1.29 is 9.53 Å². The lowest BCUT2D eigenvalue weighted by Gasteiger charge is -2.25. The zero-order valence-electron chi connectivity index (χ0n) is 13.4. The fraction of sp³-hybridized carbons (Fsp3) is 0.412. The maximum Gasteiger partial charge on any atom is 0.229 e. The minimum absolute atomic E-state index is 0.0128. The van der Waals surface area contributed by atoms with E-state index in [1.807, 2.05) is 11.4 Å². The van der Waals surface area contributed by atoms with Crippen molar-refractivity contribution in [2.75, 3.05) is 12.4 Å². The molecule has 1 aromatic carbocycles. The SMILES string of the molecule is COc1ccc(-c2csc(NC(=O)C3CCCC(N)C3)n2)cc1Cl. The Balaban J connectivity index is 1.69. The van der Waals surface area contributed by atoms with Gasteiger partial charge in [0.2, 0.25) is 5.91 Å². The first-order chi connectivity index (χ1) is 11.6. The third kappa shape index (κ3) is 3.88. The van der Waals surface area contributed by atoms with E-state index >= 15 is 0 Å². The largest absolute Gasteiger partial charge is 0.495 e. The highest BCUT2D eigenvalue weighted by atomic mass is 35.5. The van der Waals surface area contributed by atoms with Crippen LogP contribution >= 0.6 is 22.9 Å². The van der Waals surface area contributed by atoms with Crippen LogP contribution in [-0.4, -0.2) is 24.0 Å². The first kappa shape index (κ1) is 17.2. The van der Waals surface area contributed by atoms with Gasteiger partial charge in [-0.25, -0.2) is 4.98 Å². The Bertz CT molecular complexity index is 734. The van der Waals surface area contributed by atoms with Gasteiger partial charge in [0.15, 0.2) is 5.13 Å². The Labute approximate surface area is 150 Å². The number of anilines is 1. The van der Waals surface area contributed by atoms with E-state index in [2.05, 4.69) is 10.3 Å². The van der Waals surface area contributed by atoms with Crippen LogP contribution in [0.15, 0.2) is 23.6 Å². The fourth-order valence-electron chi connectivity index (χ4n) is 2.96. The molecule has 1 aromatic heterocycles. The second-order valence-corrected chi connectivity index (χ2v) is 7.27. The normalized spacial score (nSPS) is 20.6. The van der Waals surface area contributed by atoms with E-state index in [4.69, 9.17) is 22.1 Å². The standard InChI is InChI=1S/C17H20ClN3O2S/c1-23-15-6-5-10(8-13(15)18)14-9-24-17(20-14)21-16(22)11-3-2-4-12(19)7-11/h5-6,8-9,11-12H,2-4,7,19H2,1H3,(H,20,21,22). The van der Waals surface area contributed by atoms with Crippen LogP contribution in [0.1, 0.15) is 25.7 Å². The van der Waals surface area contributed by atoms with Gasteiger partial charge in [-0.2, -0.15) is 0 Å². The second-order valence-electron chi connectivity index (χ2n) is 6.00. The van der Waals surface area contributed by atoms with E-state index in [0.717, 1.165) is 36.9 Å². The first-order valence-electron chi connectivity index (χ1n) is 7.92. The summed E-state index contributed by atoms with van der Waals surface area (Å²) in [5.41, 5.74) is 7.62. The van der Waals surface area contributed by atoms with Crippen LogP contribution < -0.4 is 15.8 Å². The molecule has 1 amide bonds.